The Kier molecular flexibility index (Phi) is 5.84. The van der Waals surface area contributed by atoms with E-state index in [2.05, 4.69) is 27.7 Å². The Morgan fingerprint density at radius 2 is 1.95 bits per heavy atom. The minimum atomic E-state index is -0.206. The molecule has 0 saturated heterocycles. The van der Waals surface area contributed by atoms with Gasteiger partial charge in [0.2, 0.25) is 0 Å². The maximum Gasteiger partial charge on any atom is 0.309 e. The van der Waals surface area contributed by atoms with E-state index in [-0.39, 0.29) is 23.4 Å². The third-order valence-corrected chi connectivity index (χ3v) is 5.17. The summed E-state index contributed by atoms with van der Waals surface area (Å²) in [5, 5.41) is 9.62. The molecule has 3 atom stereocenters. The smallest absolute Gasteiger partial charge is 0.309 e. The van der Waals surface area contributed by atoms with E-state index in [9.17, 15) is 9.90 Å². The summed E-state index contributed by atoms with van der Waals surface area (Å²) in [6.07, 6.45) is 3.56. The topological polar surface area (TPSA) is 46.5 Å². The predicted molar refractivity (Wildman–Crippen MR) is 76.7 cm³/mol. The van der Waals surface area contributed by atoms with Crippen molar-refractivity contribution in [1.29, 1.82) is 0 Å². The molecule has 0 aromatic heterocycles. The molecule has 1 rings (SSSR count). The molecule has 0 amide bonds. The van der Waals surface area contributed by atoms with Gasteiger partial charge in [-0.25, -0.2) is 0 Å². The van der Waals surface area contributed by atoms with Gasteiger partial charge in [-0.15, -0.1) is 0 Å². The van der Waals surface area contributed by atoms with Gasteiger partial charge in [-0.05, 0) is 36.5 Å². The molecule has 1 saturated carbocycles. The lowest BCUT2D eigenvalue weighted by atomic mass is 9.71. The first kappa shape index (κ1) is 16.5. The van der Waals surface area contributed by atoms with Crippen LogP contribution in [0.2, 0.25) is 0 Å². The summed E-state index contributed by atoms with van der Waals surface area (Å²) in [5.74, 6) is 0.577. The molecule has 0 bridgehead atoms. The van der Waals surface area contributed by atoms with Crippen LogP contribution in [0, 0.1) is 23.2 Å². The second-order valence-corrected chi connectivity index (χ2v) is 7.01. The molecule has 3 unspecified atom stereocenters. The minimum Gasteiger partial charge on any atom is -0.465 e. The summed E-state index contributed by atoms with van der Waals surface area (Å²) in [7, 11) is 0. The number of aliphatic hydroxyl groups excluding tert-OH is 1. The molecule has 1 fully saturated rings. The normalized spacial score (nSPS) is 26.3. The summed E-state index contributed by atoms with van der Waals surface area (Å²) in [6, 6.07) is 0. The average Bonchev–Trinajstić information content (AvgIpc) is 2.34. The van der Waals surface area contributed by atoms with Gasteiger partial charge in [-0.1, -0.05) is 41.0 Å². The Hall–Kier alpha value is -0.570. The SMILES string of the molecule is CC(C)C(C)(C)C(C)C(=O)OCC1CCCC(O)C1. The molecule has 0 aromatic rings. The van der Waals surface area contributed by atoms with Gasteiger partial charge in [0, 0.05) is 0 Å². The molecular formula is C16H30O3. The van der Waals surface area contributed by atoms with Crippen molar-refractivity contribution in [3.8, 4) is 0 Å². The Morgan fingerprint density at radius 1 is 1.32 bits per heavy atom. The van der Waals surface area contributed by atoms with Gasteiger partial charge < -0.3 is 9.84 Å². The van der Waals surface area contributed by atoms with Crippen molar-refractivity contribution in [2.75, 3.05) is 6.61 Å². The molecule has 19 heavy (non-hydrogen) atoms. The van der Waals surface area contributed by atoms with Crippen molar-refractivity contribution in [3.05, 3.63) is 0 Å². The average molecular weight is 270 g/mol. The molecule has 0 aromatic carbocycles. The first-order valence-electron chi connectivity index (χ1n) is 7.59. The van der Waals surface area contributed by atoms with Gasteiger partial charge in [0.1, 0.15) is 0 Å². The van der Waals surface area contributed by atoms with Crippen LogP contribution in [0.15, 0.2) is 0 Å². The number of rotatable bonds is 5. The Labute approximate surface area is 117 Å². The molecule has 1 N–H and O–H groups in total. The van der Waals surface area contributed by atoms with Crippen molar-refractivity contribution >= 4 is 5.97 Å². The van der Waals surface area contributed by atoms with E-state index >= 15 is 0 Å². The van der Waals surface area contributed by atoms with Crippen LogP contribution < -0.4 is 0 Å². The fourth-order valence-electron chi connectivity index (χ4n) is 2.54. The Bertz CT molecular complexity index is 296. The lowest BCUT2D eigenvalue weighted by molar-refractivity contribution is -0.155. The summed E-state index contributed by atoms with van der Waals surface area (Å²) >= 11 is 0. The van der Waals surface area contributed by atoms with Crippen LogP contribution in [0.1, 0.15) is 60.3 Å². The fraction of sp³-hybridized carbons (Fsp3) is 0.938. The first-order chi connectivity index (χ1) is 8.75. The summed E-state index contributed by atoms with van der Waals surface area (Å²) < 4.78 is 5.48. The summed E-state index contributed by atoms with van der Waals surface area (Å²) in [5.41, 5.74) is -0.0524. The zero-order valence-electron chi connectivity index (χ0n) is 13.1. The van der Waals surface area contributed by atoms with Crippen LogP contribution in [-0.2, 0) is 9.53 Å². The van der Waals surface area contributed by atoms with Crippen LogP contribution in [0.25, 0.3) is 0 Å². The van der Waals surface area contributed by atoms with Gasteiger partial charge in [0.15, 0.2) is 0 Å². The van der Waals surface area contributed by atoms with Gasteiger partial charge >= 0.3 is 5.97 Å². The maximum absolute atomic E-state index is 12.1. The highest BCUT2D eigenvalue weighted by Crippen LogP contribution is 2.35. The molecule has 0 heterocycles. The van der Waals surface area contributed by atoms with E-state index < -0.39 is 0 Å². The number of carbonyl (C=O) groups excluding carboxylic acids is 1. The molecule has 1 aliphatic carbocycles. The highest BCUT2D eigenvalue weighted by atomic mass is 16.5. The summed E-state index contributed by atoms with van der Waals surface area (Å²) in [4.78, 5) is 12.1. The Morgan fingerprint density at radius 3 is 2.47 bits per heavy atom. The van der Waals surface area contributed by atoms with E-state index in [4.69, 9.17) is 4.74 Å². The van der Waals surface area contributed by atoms with Crippen LogP contribution in [0.3, 0.4) is 0 Å². The lowest BCUT2D eigenvalue weighted by Crippen LogP contribution is -2.35. The molecule has 3 heteroatoms. The number of ether oxygens (including phenoxy) is 1. The van der Waals surface area contributed by atoms with E-state index in [1.807, 2.05) is 6.92 Å². The standard InChI is InChI=1S/C16H30O3/c1-11(2)16(4,5)12(3)15(18)19-10-13-7-6-8-14(17)9-13/h11-14,17H,6-10H2,1-5H3. The molecule has 0 aliphatic heterocycles. The second kappa shape index (κ2) is 6.74. The van der Waals surface area contributed by atoms with Crippen LogP contribution >= 0.6 is 0 Å². The number of hydrogen-bond acceptors (Lipinski definition) is 3. The van der Waals surface area contributed by atoms with Gasteiger partial charge in [0.05, 0.1) is 18.6 Å². The van der Waals surface area contributed by atoms with Crippen LogP contribution in [0.4, 0.5) is 0 Å². The van der Waals surface area contributed by atoms with Crippen molar-refractivity contribution in [1.82, 2.24) is 0 Å². The van der Waals surface area contributed by atoms with E-state index in [1.54, 1.807) is 0 Å². The number of carbonyl (C=O) groups is 1. The fourth-order valence-corrected chi connectivity index (χ4v) is 2.54. The van der Waals surface area contributed by atoms with Gasteiger partial charge in [-0.3, -0.25) is 4.79 Å². The maximum atomic E-state index is 12.1. The number of aliphatic hydroxyl groups is 1. The minimum absolute atomic E-state index is 0.0524. The van der Waals surface area contributed by atoms with Crippen molar-refractivity contribution < 1.29 is 14.6 Å². The molecule has 0 spiro atoms. The summed E-state index contributed by atoms with van der Waals surface area (Å²) in [6.45, 7) is 10.9. The zero-order valence-corrected chi connectivity index (χ0v) is 13.1. The second-order valence-electron chi connectivity index (χ2n) is 7.01. The number of hydrogen-bond donors (Lipinski definition) is 1. The van der Waals surface area contributed by atoms with Gasteiger partial charge in [-0.2, -0.15) is 0 Å². The van der Waals surface area contributed by atoms with E-state index in [0.717, 1.165) is 25.7 Å². The first-order valence-corrected chi connectivity index (χ1v) is 7.59. The zero-order chi connectivity index (χ0) is 14.6. The molecule has 0 radical (unpaired) electrons. The lowest BCUT2D eigenvalue weighted by Gasteiger charge is -2.34. The third kappa shape index (κ3) is 4.48. The highest BCUT2D eigenvalue weighted by molar-refractivity contribution is 5.72. The van der Waals surface area contributed by atoms with Crippen LogP contribution in [0.5, 0.6) is 0 Å². The monoisotopic (exact) mass is 270 g/mol. The van der Waals surface area contributed by atoms with Crippen molar-refractivity contribution in [3.63, 3.8) is 0 Å². The van der Waals surface area contributed by atoms with E-state index in [1.165, 1.54) is 0 Å². The number of esters is 1. The van der Waals surface area contributed by atoms with Crippen molar-refractivity contribution in [2.45, 2.75) is 66.4 Å². The van der Waals surface area contributed by atoms with Gasteiger partial charge in [0.25, 0.3) is 0 Å². The largest absolute Gasteiger partial charge is 0.465 e. The molecule has 112 valence electrons. The highest BCUT2D eigenvalue weighted by Gasteiger charge is 2.35. The molecular weight excluding hydrogens is 240 g/mol. The quantitative estimate of drug-likeness (QED) is 0.779. The predicted octanol–water partition coefficient (Wildman–Crippen LogP) is 3.40. The van der Waals surface area contributed by atoms with Crippen LogP contribution in [-0.4, -0.2) is 23.8 Å². The molecule has 3 nitrogen and oxygen atoms in total. The Balaban J connectivity index is 2.42. The third-order valence-electron chi connectivity index (χ3n) is 5.17. The van der Waals surface area contributed by atoms with Crippen molar-refractivity contribution in [2.24, 2.45) is 23.2 Å². The van der Waals surface area contributed by atoms with E-state index in [0.29, 0.717) is 18.4 Å². The molecule has 1 aliphatic rings.